The van der Waals surface area contributed by atoms with Crippen molar-refractivity contribution in [2.45, 2.75) is 19.8 Å². The molecule has 2 aromatic carbocycles. The van der Waals surface area contributed by atoms with E-state index < -0.39 is 5.91 Å². The van der Waals surface area contributed by atoms with Gasteiger partial charge >= 0.3 is 0 Å². The van der Waals surface area contributed by atoms with E-state index in [9.17, 15) is 9.59 Å². The number of ether oxygens (including phenoxy) is 5. The number of hydrogen-bond acceptors (Lipinski definition) is 7. The summed E-state index contributed by atoms with van der Waals surface area (Å²) in [6, 6.07) is 10.6. The van der Waals surface area contributed by atoms with Crippen molar-refractivity contribution in [1.29, 1.82) is 0 Å². The summed E-state index contributed by atoms with van der Waals surface area (Å²) < 4.78 is 26.8. The van der Waals surface area contributed by atoms with Crippen molar-refractivity contribution in [3.05, 3.63) is 42.0 Å². The van der Waals surface area contributed by atoms with Crippen LogP contribution >= 0.6 is 0 Å². The van der Waals surface area contributed by atoms with E-state index in [0.29, 0.717) is 41.8 Å². The summed E-state index contributed by atoms with van der Waals surface area (Å²) >= 11 is 0. The number of hydrazine groups is 1. The highest BCUT2D eigenvalue weighted by molar-refractivity contribution is 5.82. The molecule has 2 aromatic rings. The van der Waals surface area contributed by atoms with Gasteiger partial charge < -0.3 is 23.7 Å². The van der Waals surface area contributed by atoms with Crippen molar-refractivity contribution in [3.63, 3.8) is 0 Å². The van der Waals surface area contributed by atoms with Gasteiger partial charge in [0.15, 0.2) is 29.6 Å². The van der Waals surface area contributed by atoms with Gasteiger partial charge in [-0.1, -0.05) is 12.1 Å². The van der Waals surface area contributed by atoms with Gasteiger partial charge in [-0.3, -0.25) is 20.4 Å². The van der Waals surface area contributed by atoms with Gasteiger partial charge in [0, 0.05) is 6.42 Å². The lowest BCUT2D eigenvalue weighted by molar-refractivity contribution is -0.130. The molecule has 0 atom stereocenters. The molecule has 9 nitrogen and oxygen atoms in total. The van der Waals surface area contributed by atoms with Crippen LogP contribution in [0.25, 0.3) is 0 Å². The Balaban J connectivity index is 1.81. The molecule has 2 amide bonds. The maximum absolute atomic E-state index is 12.1. The second kappa shape index (κ2) is 12.2. The number of rotatable bonds is 11. The first-order chi connectivity index (χ1) is 15.0. The number of methoxy groups -OCH3 is 3. The molecule has 2 rings (SSSR count). The van der Waals surface area contributed by atoms with Gasteiger partial charge in [0.1, 0.15) is 0 Å². The molecule has 0 bridgehead atoms. The molecule has 31 heavy (non-hydrogen) atoms. The number of carbonyl (C=O) groups excluding carboxylic acids is 2. The van der Waals surface area contributed by atoms with Crippen LogP contribution in [-0.4, -0.2) is 46.4 Å². The van der Waals surface area contributed by atoms with Crippen LogP contribution in [0.5, 0.6) is 28.7 Å². The molecular weight excluding hydrogens is 404 g/mol. The summed E-state index contributed by atoms with van der Waals surface area (Å²) in [5.74, 6) is 1.66. The average molecular weight is 432 g/mol. The molecular formula is C22H28N2O7. The third-order valence-corrected chi connectivity index (χ3v) is 4.21. The SMILES string of the molecule is CCOc1ccccc1OCC(=O)NNC(=O)CCc1cc(OC)c(OC)c(OC)c1. The van der Waals surface area contributed by atoms with Gasteiger partial charge in [-0.05, 0) is 43.2 Å². The van der Waals surface area contributed by atoms with Crippen molar-refractivity contribution in [2.75, 3.05) is 34.5 Å². The third-order valence-electron chi connectivity index (χ3n) is 4.21. The monoisotopic (exact) mass is 432 g/mol. The standard InChI is InChI=1S/C22H28N2O7/c1-5-30-16-8-6-7-9-17(16)31-14-21(26)24-23-20(25)11-10-15-12-18(27-2)22(29-4)19(13-15)28-3/h6-9,12-13H,5,10-11,14H2,1-4H3,(H,23,25)(H,24,26). The van der Waals surface area contributed by atoms with Gasteiger partial charge in [0.05, 0.1) is 27.9 Å². The first-order valence-electron chi connectivity index (χ1n) is 9.73. The van der Waals surface area contributed by atoms with Crippen LogP contribution < -0.4 is 34.5 Å². The molecule has 0 saturated carbocycles. The molecule has 9 heteroatoms. The van der Waals surface area contributed by atoms with Crippen molar-refractivity contribution >= 4 is 11.8 Å². The largest absolute Gasteiger partial charge is 0.493 e. The summed E-state index contributed by atoms with van der Waals surface area (Å²) in [5.41, 5.74) is 5.53. The fraction of sp³-hybridized carbons (Fsp3) is 0.364. The number of nitrogens with one attached hydrogen (secondary N) is 2. The number of para-hydroxylation sites is 2. The molecule has 0 aliphatic rings. The number of benzene rings is 2. The normalized spacial score (nSPS) is 10.1. The van der Waals surface area contributed by atoms with Crippen LogP contribution in [0.3, 0.4) is 0 Å². The maximum Gasteiger partial charge on any atom is 0.276 e. The van der Waals surface area contributed by atoms with Crippen LogP contribution in [0, 0.1) is 0 Å². The highest BCUT2D eigenvalue weighted by Gasteiger charge is 2.14. The molecule has 168 valence electrons. The third kappa shape index (κ3) is 6.98. The Morgan fingerprint density at radius 2 is 1.39 bits per heavy atom. The fourth-order valence-corrected chi connectivity index (χ4v) is 2.76. The lowest BCUT2D eigenvalue weighted by Crippen LogP contribution is -2.43. The summed E-state index contributed by atoms with van der Waals surface area (Å²) in [4.78, 5) is 24.1. The van der Waals surface area contributed by atoms with E-state index in [0.717, 1.165) is 5.56 Å². The molecule has 0 aromatic heterocycles. The Morgan fingerprint density at radius 3 is 1.94 bits per heavy atom. The Bertz CT molecular complexity index is 861. The van der Waals surface area contributed by atoms with Gasteiger partial charge in [-0.25, -0.2) is 0 Å². The molecule has 0 aliphatic heterocycles. The van der Waals surface area contributed by atoms with Crippen molar-refractivity contribution < 1.29 is 33.3 Å². The van der Waals surface area contributed by atoms with Gasteiger partial charge in [0.2, 0.25) is 11.7 Å². The van der Waals surface area contributed by atoms with Crippen LogP contribution in [0.15, 0.2) is 36.4 Å². The Morgan fingerprint density at radius 1 is 0.806 bits per heavy atom. The second-order valence-corrected chi connectivity index (χ2v) is 6.30. The zero-order valence-electron chi connectivity index (χ0n) is 18.2. The smallest absolute Gasteiger partial charge is 0.276 e. The average Bonchev–Trinajstić information content (AvgIpc) is 2.80. The van der Waals surface area contributed by atoms with Crippen LogP contribution in [0.1, 0.15) is 18.9 Å². The lowest BCUT2D eigenvalue weighted by atomic mass is 10.1. The van der Waals surface area contributed by atoms with Crippen LogP contribution in [0.4, 0.5) is 0 Å². The zero-order chi connectivity index (χ0) is 22.6. The van der Waals surface area contributed by atoms with Gasteiger partial charge in [-0.2, -0.15) is 0 Å². The molecule has 2 N–H and O–H groups in total. The van der Waals surface area contributed by atoms with E-state index in [2.05, 4.69) is 10.9 Å². The topological polar surface area (TPSA) is 104 Å². The minimum absolute atomic E-state index is 0.146. The maximum atomic E-state index is 12.1. The van der Waals surface area contributed by atoms with Crippen LogP contribution in [-0.2, 0) is 16.0 Å². The van der Waals surface area contributed by atoms with E-state index in [4.69, 9.17) is 23.7 Å². The van der Waals surface area contributed by atoms with Gasteiger partial charge in [-0.15, -0.1) is 0 Å². The molecule has 0 unspecified atom stereocenters. The molecule has 0 fully saturated rings. The number of hydrogen-bond donors (Lipinski definition) is 2. The minimum atomic E-state index is -0.493. The van der Waals surface area contributed by atoms with Crippen molar-refractivity contribution in [1.82, 2.24) is 10.9 Å². The zero-order valence-corrected chi connectivity index (χ0v) is 18.2. The summed E-state index contributed by atoms with van der Waals surface area (Å²) in [7, 11) is 4.58. The first kappa shape index (κ1) is 23.7. The summed E-state index contributed by atoms with van der Waals surface area (Å²) in [5, 5.41) is 0. The van der Waals surface area contributed by atoms with E-state index in [-0.39, 0.29) is 18.9 Å². The minimum Gasteiger partial charge on any atom is -0.493 e. The van der Waals surface area contributed by atoms with Gasteiger partial charge in [0.25, 0.3) is 5.91 Å². The lowest BCUT2D eigenvalue weighted by Gasteiger charge is -2.14. The molecule has 0 aliphatic carbocycles. The molecule has 0 spiro atoms. The predicted molar refractivity (Wildman–Crippen MR) is 114 cm³/mol. The Hall–Kier alpha value is -3.62. The Labute approximate surface area is 181 Å². The summed E-state index contributed by atoms with van der Waals surface area (Å²) in [6.45, 7) is 2.07. The highest BCUT2D eigenvalue weighted by Crippen LogP contribution is 2.38. The van der Waals surface area contributed by atoms with E-state index >= 15 is 0 Å². The van der Waals surface area contributed by atoms with E-state index in [1.54, 1.807) is 30.3 Å². The Kier molecular flexibility index (Phi) is 9.28. The van der Waals surface area contributed by atoms with E-state index in [1.165, 1.54) is 21.3 Å². The van der Waals surface area contributed by atoms with Crippen LogP contribution in [0.2, 0.25) is 0 Å². The molecule has 0 heterocycles. The predicted octanol–water partition coefficient (Wildman–Crippen LogP) is 2.27. The fourth-order valence-electron chi connectivity index (χ4n) is 2.76. The van der Waals surface area contributed by atoms with E-state index in [1.807, 2.05) is 13.0 Å². The number of aryl methyl sites for hydroxylation is 1. The molecule has 0 radical (unpaired) electrons. The van der Waals surface area contributed by atoms with Crippen molar-refractivity contribution in [2.24, 2.45) is 0 Å². The van der Waals surface area contributed by atoms with Crippen molar-refractivity contribution in [3.8, 4) is 28.7 Å². The highest BCUT2D eigenvalue weighted by atomic mass is 16.5. The first-order valence-corrected chi connectivity index (χ1v) is 9.73. The summed E-state index contributed by atoms with van der Waals surface area (Å²) in [6.07, 6.45) is 0.559. The number of amides is 2. The molecule has 0 saturated heterocycles. The second-order valence-electron chi connectivity index (χ2n) is 6.30. The number of carbonyl (C=O) groups is 2. The quantitative estimate of drug-likeness (QED) is 0.525.